The van der Waals surface area contributed by atoms with Crippen molar-refractivity contribution in [2.24, 2.45) is 4.99 Å². The molecule has 0 aliphatic rings. The molecule has 0 unspecified atom stereocenters. The Morgan fingerprint density at radius 2 is 2.08 bits per heavy atom. The molecule has 0 fully saturated rings. The molecule has 3 aromatic rings. The van der Waals surface area contributed by atoms with Crippen molar-refractivity contribution in [3.63, 3.8) is 0 Å². The van der Waals surface area contributed by atoms with Crippen molar-refractivity contribution in [1.29, 1.82) is 0 Å². The molecule has 3 rings (SSSR count). The lowest BCUT2D eigenvalue weighted by atomic mass is 10.2. The molecule has 0 aliphatic heterocycles. The minimum Gasteiger partial charge on any atom is -0.492 e. The predicted octanol–water partition coefficient (Wildman–Crippen LogP) is 2.17. The van der Waals surface area contributed by atoms with Crippen LogP contribution in [0.1, 0.15) is 18.3 Å². The van der Waals surface area contributed by atoms with E-state index in [9.17, 15) is 0 Å². The molecule has 0 amide bonds. The lowest BCUT2D eigenvalue weighted by molar-refractivity contribution is 0.321. The van der Waals surface area contributed by atoms with Crippen molar-refractivity contribution in [2.45, 2.75) is 20.4 Å². The van der Waals surface area contributed by atoms with E-state index in [0.717, 1.165) is 29.7 Å². The number of aromatic nitrogens is 3. The maximum absolute atomic E-state index is 5.75. The molecule has 136 valence electrons. The maximum atomic E-state index is 5.75. The zero-order chi connectivity index (χ0) is 18.2. The molecule has 7 nitrogen and oxygen atoms in total. The van der Waals surface area contributed by atoms with Crippen molar-refractivity contribution in [2.75, 3.05) is 19.7 Å². The third kappa shape index (κ3) is 4.72. The summed E-state index contributed by atoms with van der Waals surface area (Å²) in [5.74, 6) is 2.41. The van der Waals surface area contributed by atoms with Crippen LogP contribution in [0.15, 0.2) is 53.7 Å². The summed E-state index contributed by atoms with van der Waals surface area (Å²) in [5.41, 5.74) is 2.01. The highest BCUT2D eigenvalue weighted by Gasteiger charge is 2.04. The van der Waals surface area contributed by atoms with Crippen molar-refractivity contribution in [3.05, 3.63) is 60.0 Å². The quantitative estimate of drug-likeness (QED) is 0.387. The summed E-state index contributed by atoms with van der Waals surface area (Å²) < 4.78 is 7.69. The number of nitrogens with zero attached hydrogens (tertiary/aromatic N) is 4. The first-order valence-corrected chi connectivity index (χ1v) is 8.76. The van der Waals surface area contributed by atoms with Gasteiger partial charge in [0.15, 0.2) is 17.4 Å². The van der Waals surface area contributed by atoms with Crippen LogP contribution in [-0.2, 0) is 6.54 Å². The van der Waals surface area contributed by atoms with Gasteiger partial charge in [0.1, 0.15) is 18.9 Å². The molecule has 1 aromatic carbocycles. The normalized spacial score (nSPS) is 11.5. The number of nitrogens with one attached hydrogen (secondary N) is 2. The molecule has 0 spiro atoms. The molecule has 26 heavy (non-hydrogen) atoms. The lowest BCUT2D eigenvalue weighted by Crippen LogP contribution is -2.39. The fourth-order valence-electron chi connectivity index (χ4n) is 2.53. The first-order chi connectivity index (χ1) is 12.8. The molecule has 0 saturated heterocycles. The molecule has 0 aliphatic carbocycles. The number of aryl methyl sites for hydroxylation is 1. The Bertz CT molecular complexity index is 873. The van der Waals surface area contributed by atoms with Crippen LogP contribution in [0.4, 0.5) is 0 Å². The second-order valence-electron chi connectivity index (χ2n) is 5.83. The van der Waals surface area contributed by atoms with Crippen molar-refractivity contribution >= 4 is 11.6 Å². The van der Waals surface area contributed by atoms with Crippen LogP contribution in [0.5, 0.6) is 5.75 Å². The van der Waals surface area contributed by atoms with Gasteiger partial charge in [-0.3, -0.25) is 4.40 Å². The monoisotopic (exact) mass is 352 g/mol. The molecule has 2 N–H and O–H groups in total. The van der Waals surface area contributed by atoms with E-state index in [1.165, 1.54) is 5.56 Å². The van der Waals surface area contributed by atoms with Crippen LogP contribution in [0, 0.1) is 6.92 Å². The average Bonchev–Trinajstić information content (AvgIpc) is 3.06. The molecule has 0 radical (unpaired) electrons. The third-order valence-corrected chi connectivity index (χ3v) is 3.76. The Kier molecular flexibility index (Phi) is 6.03. The highest BCUT2D eigenvalue weighted by Crippen LogP contribution is 2.11. The van der Waals surface area contributed by atoms with E-state index < -0.39 is 0 Å². The molecule has 2 aromatic heterocycles. The van der Waals surface area contributed by atoms with Crippen LogP contribution in [0.2, 0.25) is 0 Å². The van der Waals surface area contributed by atoms with E-state index >= 15 is 0 Å². The first kappa shape index (κ1) is 17.7. The summed E-state index contributed by atoms with van der Waals surface area (Å²) in [7, 11) is 0. The number of ether oxygens (including phenoxy) is 1. The average molecular weight is 352 g/mol. The smallest absolute Gasteiger partial charge is 0.191 e. The summed E-state index contributed by atoms with van der Waals surface area (Å²) in [5, 5.41) is 14.8. The van der Waals surface area contributed by atoms with Gasteiger partial charge >= 0.3 is 0 Å². The molecule has 2 heterocycles. The molecule has 0 bridgehead atoms. The minimum absolute atomic E-state index is 0.444. The van der Waals surface area contributed by atoms with Gasteiger partial charge in [-0.05, 0) is 43.7 Å². The Hall–Kier alpha value is -3.09. The largest absolute Gasteiger partial charge is 0.492 e. The summed E-state index contributed by atoms with van der Waals surface area (Å²) in [6.07, 6.45) is 1.94. The van der Waals surface area contributed by atoms with Gasteiger partial charge in [0.05, 0.1) is 6.54 Å². The first-order valence-electron chi connectivity index (χ1n) is 8.76. The van der Waals surface area contributed by atoms with Gasteiger partial charge in [0.2, 0.25) is 0 Å². The number of hydrogen-bond acceptors (Lipinski definition) is 4. The number of rotatable bonds is 7. The minimum atomic E-state index is 0.444. The lowest BCUT2D eigenvalue weighted by Gasteiger charge is -2.12. The number of benzene rings is 1. The van der Waals surface area contributed by atoms with Crippen molar-refractivity contribution < 1.29 is 4.74 Å². The van der Waals surface area contributed by atoms with Gasteiger partial charge in [-0.1, -0.05) is 18.2 Å². The van der Waals surface area contributed by atoms with E-state index in [1.54, 1.807) is 0 Å². The second kappa shape index (κ2) is 8.84. The van der Waals surface area contributed by atoms with Crippen molar-refractivity contribution in [1.82, 2.24) is 25.2 Å². The van der Waals surface area contributed by atoms with Crippen LogP contribution in [0.25, 0.3) is 5.65 Å². The Balaban J connectivity index is 1.54. The molecule has 0 atom stereocenters. The van der Waals surface area contributed by atoms with Crippen LogP contribution >= 0.6 is 0 Å². The van der Waals surface area contributed by atoms with Gasteiger partial charge in [-0.2, -0.15) is 0 Å². The summed E-state index contributed by atoms with van der Waals surface area (Å²) >= 11 is 0. The number of guanidine groups is 1. The van der Waals surface area contributed by atoms with Crippen LogP contribution in [-0.4, -0.2) is 40.3 Å². The zero-order valence-corrected chi connectivity index (χ0v) is 15.1. The molecular weight excluding hydrogens is 328 g/mol. The van der Waals surface area contributed by atoms with Gasteiger partial charge in [-0.25, -0.2) is 4.99 Å². The van der Waals surface area contributed by atoms with E-state index in [1.807, 2.05) is 53.9 Å². The highest BCUT2D eigenvalue weighted by atomic mass is 16.5. The van der Waals surface area contributed by atoms with Gasteiger partial charge in [0.25, 0.3) is 0 Å². The molecule has 0 saturated carbocycles. The van der Waals surface area contributed by atoms with Gasteiger partial charge in [-0.15, -0.1) is 10.2 Å². The number of pyridine rings is 1. The third-order valence-electron chi connectivity index (χ3n) is 3.76. The van der Waals surface area contributed by atoms with E-state index in [2.05, 4.69) is 38.8 Å². The number of aliphatic imine (C=N–C) groups is 1. The Morgan fingerprint density at radius 1 is 1.15 bits per heavy atom. The number of fused-ring (bicyclic) bond motifs is 1. The van der Waals surface area contributed by atoms with Crippen LogP contribution < -0.4 is 15.4 Å². The Labute approximate surface area is 153 Å². The van der Waals surface area contributed by atoms with Gasteiger partial charge in [0, 0.05) is 12.7 Å². The van der Waals surface area contributed by atoms with E-state index in [-0.39, 0.29) is 0 Å². The fraction of sp³-hybridized carbons (Fsp3) is 0.316. The molecule has 7 heteroatoms. The topological polar surface area (TPSA) is 75.8 Å². The summed E-state index contributed by atoms with van der Waals surface area (Å²) in [6.45, 7) is 6.52. The highest BCUT2D eigenvalue weighted by molar-refractivity contribution is 5.79. The number of hydrogen-bond donors (Lipinski definition) is 2. The standard InChI is InChI=1S/C19H24N6O/c1-3-20-19(21-10-12-26-16-8-6-7-15(2)13-16)22-14-18-24-23-17-9-4-5-11-25(17)18/h4-9,11,13H,3,10,12,14H2,1-2H3,(H2,20,21,22). The SMILES string of the molecule is CCNC(=NCc1nnc2ccccn12)NCCOc1cccc(C)c1. The van der Waals surface area contributed by atoms with E-state index in [0.29, 0.717) is 19.7 Å². The summed E-state index contributed by atoms with van der Waals surface area (Å²) in [6, 6.07) is 13.8. The van der Waals surface area contributed by atoms with Crippen LogP contribution in [0.3, 0.4) is 0 Å². The van der Waals surface area contributed by atoms with Crippen molar-refractivity contribution in [3.8, 4) is 5.75 Å². The van der Waals surface area contributed by atoms with Gasteiger partial charge < -0.3 is 15.4 Å². The Morgan fingerprint density at radius 3 is 2.92 bits per heavy atom. The summed E-state index contributed by atoms with van der Waals surface area (Å²) in [4.78, 5) is 4.58. The van der Waals surface area contributed by atoms with E-state index in [4.69, 9.17) is 4.74 Å². The molecular formula is C19H24N6O. The maximum Gasteiger partial charge on any atom is 0.191 e. The zero-order valence-electron chi connectivity index (χ0n) is 15.1. The second-order valence-corrected chi connectivity index (χ2v) is 5.83. The predicted molar refractivity (Wildman–Crippen MR) is 102 cm³/mol. The fourth-order valence-corrected chi connectivity index (χ4v) is 2.53.